The van der Waals surface area contributed by atoms with Crippen LogP contribution < -0.4 is 0 Å². The zero-order valence-electron chi connectivity index (χ0n) is 12.2. The van der Waals surface area contributed by atoms with E-state index >= 15 is 0 Å². The first-order valence-electron chi connectivity index (χ1n) is 7.14. The number of halogens is 1. The highest BCUT2D eigenvalue weighted by atomic mass is 19.1. The molecular weight excluding hydrogens is 285 g/mol. The predicted octanol–water partition coefficient (Wildman–Crippen LogP) is 2.56. The van der Waals surface area contributed by atoms with Crippen molar-refractivity contribution < 1.29 is 18.7 Å². The molecule has 0 atom stereocenters. The highest BCUT2D eigenvalue weighted by Gasteiger charge is 2.23. The van der Waals surface area contributed by atoms with E-state index in [4.69, 9.17) is 4.74 Å². The van der Waals surface area contributed by atoms with Crippen molar-refractivity contribution in [3.63, 3.8) is 0 Å². The molecule has 0 saturated carbocycles. The number of carbonyl (C=O) groups is 2. The van der Waals surface area contributed by atoms with E-state index in [-0.39, 0.29) is 17.8 Å². The Balaban J connectivity index is 1.83. The summed E-state index contributed by atoms with van der Waals surface area (Å²) in [4.78, 5) is 24.9. The summed E-state index contributed by atoms with van der Waals surface area (Å²) in [7, 11) is 0. The number of piperidine rings is 1. The minimum Gasteiger partial charge on any atom is -0.459 e. The molecule has 1 aliphatic heterocycles. The first kappa shape index (κ1) is 15.9. The van der Waals surface area contributed by atoms with Gasteiger partial charge in [-0.15, -0.1) is 0 Å². The van der Waals surface area contributed by atoms with Crippen molar-refractivity contribution in [3.8, 4) is 0 Å². The predicted molar refractivity (Wildman–Crippen MR) is 81.3 cm³/mol. The van der Waals surface area contributed by atoms with E-state index in [0.29, 0.717) is 25.9 Å². The Morgan fingerprint density at radius 1 is 1.23 bits per heavy atom. The Kier molecular flexibility index (Phi) is 5.47. The van der Waals surface area contributed by atoms with Crippen LogP contribution in [-0.2, 0) is 14.3 Å². The van der Waals surface area contributed by atoms with Crippen LogP contribution in [0.25, 0.3) is 6.08 Å². The van der Waals surface area contributed by atoms with Gasteiger partial charge >= 0.3 is 5.97 Å². The number of ether oxygens (including phenoxy) is 1. The maximum atomic E-state index is 12.8. The lowest BCUT2D eigenvalue weighted by molar-refractivity contribution is -0.145. The maximum Gasteiger partial charge on any atom is 0.330 e. The van der Waals surface area contributed by atoms with Crippen molar-refractivity contribution in [2.75, 3.05) is 13.1 Å². The summed E-state index contributed by atoms with van der Waals surface area (Å²) >= 11 is 0. The second-order valence-electron chi connectivity index (χ2n) is 5.05. The molecule has 22 heavy (non-hydrogen) atoms. The molecule has 1 saturated heterocycles. The molecule has 2 rings (SSSR count). The zero-order chi connectivity index (χ0) is 15.9. The normalized spacial score (nSPS) is 15.8. The maximum absolute atomic E-state index is 12.8. The summed E-state index contributed by atoms with van der Waals surface area (Å²) in [5.74, 6) is -0.835. The third-order valence-electron chi connectivity index (χ3n) is 3.49. The van der Waals surface area contributed by atoms with E-state index in [1.54, 1.807) is 23.1 Å². The number of rotatable bonds is 4. The van der Waals surface area contributed by atoms with Gasteiger partial charge in [0.05, 0.1) is 0 Å². The van der Waals surface area contributed by atoms with E-state index < -0.39 is 5.97 Å². The van der Waals surface area contributed by atoms with Crippen molar-refractivity contribution >= 4 is 18.0 Å². The van der Waals surface area contributed by atoms with E-state index in [1.807, 2.05) is 0 Å². The average molecular weight is 303 g/mol. The van der Waals surface area contributed by atoms with Gasteiger partial charge in [0.25, 0.3) is 0 Å². The lowest BCUT2D eigenvalue weighted by atomic mass is 10.1. The largest absolute Gasteiger partial charge is 0.459 e. The van der Waals surface area contributed by atoms with Gasteiger partial charge in [-0.05, 0) is 23.8 Å². The van der Waals surface area contributed by atoms with Gasteiger partial charge in [0.2, 0.25) is 5.91 Å². The van der Waals surface area contributed by atoms with Gasteiger partial charge in [-0.2, -0.15) is 0 Å². The fourth-order valence-electron chi connectivity index (χ4n) is 2.25. The monoisotopic (exact) mass is 303 g/mol. The molecule has 5 heteroatoms. The molecule has 116 valence electrons. The summed E-state index contributed by atoms with van der Waals surface area (Å²) in [5.41, 5.74) is 0.768. The number of esters is 1. The van der Waals surface area contributed by atoms with E-state index in [2.05, 4.69) is 6.58 Å². The SMILES string of the molecule is C=CC(=O)OC1CCN(C(=O)/C=C/c2ccc(F)cc2)CC1. The first-order valence-corrected chi connectivity index (χ1v) is 7.14. The van der Waals surface area contributed by atoms with Crippen LogP contribution in [0.1, 0.15) is 18.4 Å². The molecular formula is C17H18FNO3. The first-order chi connectivity index (χ1) is 10.6. The fraction of sp³-hybridized carbons (Fsp3) is 0.294. The van der Waals surface area contributed by atoms with Crippen LogP contribution in [-0.4, -0.2) is 36.0 Å². The number of hydrogen-bond acceptors (Lipinski definition) is 3. The Hall–Kier alpha value is -2.43. The Morgan fingerprint density at radius 2 is 1.86 bits per heavy atom. The van der Waals surface area contributed by atoms with Crippen LogP contribution in [0.5, 0.6) is 0 Å². The van der Waals surface area contributed by atoms with Crippen molar-refractivity contribution in [3.05, 3.63) is 54.4 Å². The molecule has 0 N–H and O–H groups in total. The second kappa shape index (κ2) is 7.54. The molecule has 0 bridgehead atoms. The van der Waals surface area contributed by atoms with Gasteiger partial charge < -0.3 is 9.64 Å². The molecule has 1 aliphatic rings. The Labute approximate surface area is 128 Å². The topological polar surface area (TPSA) is 46.6 Å². The highest BCUT2D eigenvalue weighted by molar-refractivity contribution is 5.91. The summed E-state index contributed by atoms with van der Waals surface area (Å²) < 4.78 is 17.9. The number of benzene rings is 1. The third-order valence-corrected chi connectivity index (χ3v) is 3.49. The Bertz CT molecular complexity index is 572. The minimum atomic E-state index is -0.430. The van der Waals surface area contributed by atoms with Crippen LogP contribution in [0, 0.1) is 5.82 Å². The molecule has 1 aromatic rings. The molecule has 1 amide bonds. The summed E-state index contributed by atoms with van der Waals surface area (Å²) in [6.45, 7) is 4.44. The van der Waals surface area contributed by atoms with Crippen LogP contribution in [0.2, 0.25) is 0 Å². The number of hydrogen-bond donors (Lipinski definition) is 0. The van der Waals surface area contributed by atoms with Crippen LogP contribution in [0.3, 0.4) is 0 Å². The van der Waals surface area contributed by atoms with E-state index in [1.165, 1.54) is 18.2 Å². The van der Waals surface area contributed by atoms with Gasteiger partial charge in [0.15, 0.2) is 0 Å². The fourth-order valence-corrected chi connectivity index (χ4v) is 2.25. The third kappa shape index (κ3) is 4.55. The quantitative estimate of drug-likeness (QED) is 0.634. The van der Waals surface area contributed by atoms with Crippen molar-refractivity contribution in [1.82, 2.24) is 4.90 Å². The number of nitrogens with zero attached hydrogens (tertiary/aromatic N) is 1. The molecule has 0 unspecified atom stereocenters. The molecule has 0 aliphatic carbocycles. The lowest BCUT2D eigenvalue weighted by Crippen LogP contribution is -2.40. The van der Waals surface area contributed by atoms with Crippen molar-refractivity contribution in [2.45, 2.75) is 18.9 Å². The average Bonchev–Trinajstić information content (AvgIpc) is 2.54. The lowest BCUT2D eigenvalue weighted by Gasteiger charge is -2.30. The molecule has 1 aromatic carbocycles. The number of amides is 1. The van der Waals surface area contributed by atoms with Gasteiger partial charge in [0, 0.05) is 38.1 Å². The number of likely N-dealkylation sites (tertiary alicyclic amines) is 1. The summed E-state index contributed by atoms with van der Waals surface area (Å²) in [6, 6.07) is 5.92. The second-order valence-corrected chi connectivity index (χ2v) is 5.05. The van der Waals surface area contributed by atoms with Gasteiger partial charge in [0.1, 0.15) is 11.9 Å². The zero-order valence-corrected chi connectivity index (χ0v) is 12.2. The van der Waals surface area contributed by atoms with Crippen molar-refractivity contribution in [1.29, 1.82) is 0 Å². The van der Waals surface area contributed by atoms with E-state index in [0.717, 1.165) is 11.6 Å². The van der Waals surface area contributed by atoms with Crippen LogP contribution in [0.15, 0.2) is 43.0 Å². The van der Waals surface area contributed by atoms with Gasteiger partial charge in [-0.1, -0.05) is 18.7 Å². The van der Waals surface area contributed by atoms with Crippen molar-refractivity contribution in [2.24, 2.45) is 0 Å². The van der Waals surface area contributed by atoms with Crippen LogP contribution in [0.4, 0.5) is 4.39 Å². The Morgan fingerprint density at radius 3 is 2.45 bits per heavy atom. The van der Waals surface area contributed by atoms with E-state index in [9.17, 15) is 14.0 Å². The highest BCUT2D eigenvalue weighted by Crippen LogP contribution is 2.15. The smallest absolute Gasteiger partial charge is 0.330 e. The van der Waals surface area contributed by atoms with Gasteiger partial charge in [-0.25, -0.2) is 9.18 Å². The minimum absolute atomic E-state index is 0.0992. The molecule has 0 radical (unpaired) electrons. The van der Waals surface area contributed by atoms with Gasteiger partial charge in [-0.3, -0.25) is 4.79 Å². The summed E-state index contributed by atoms with van der Waals surface area (Å²) in [6.07, 6.45) is 5.36. The summed E-state index contributed by atoms with van der Waals surface area (Å²) in [5, 5.41) is 0. The standard InChI is InChI=1S/C17H18FNO3/c1-2-17(21)22-15-9-11-19(12-10-15)16(20)8-5-13-3-6-14(18)7-4-13/h2-8,15H,1,9-12H2/b8-5+. The molecule has 0 aromatic heterocycles. The molecule has 0 spiro atoms. The van der Waals surface area contributed by atoms with Crippen LogP contribution >= 0.6 is 0 Å². The molecule has 4 nitrogen and oxygen atoms in total. The number of carbonyl (C=O) groups excluding carboxylic acids is 2. The molecule has 1 fully saturated rings. The molecule has 1 heterocycles.